The van der Waals surface area contributed by atoms with Crippen molar-refractivity contribution in [2.24, 2.45) is 10.9 Å². The smallest absolute Gasteiger partial charge is 0.191 e. The van der Waals surface area contributed by atoms with Gasteiger partial charge in [0.25, 0.3) is 0 Å². The van der Waals surface area contributed by atoms with Crippen LogP contribution in [0.3, 0.4) is 0 Å². The third-order valence-corrected chi connectivity index (χ3v) is 4.90. The molecule has 2 unspecified atom stereocenters. The van der Waals surface area contributed by atoms with Gasteiger partial charge in [0.1, 0.15) is 11.9 Å². The molecule has 0 radical (unpaired) electrons. The van der Waals surface area contributed by atoms with Crippen molar-refractivity contribution in [1.82, 2.24) is 15.5 Å². The van der Waals surface area contributed by atoms with Crippen LogP contribution in [-0.2, 0) is 6.42 Å². The Morgan fingerprint density at radius 1 is 1.29 bits per heavy atom. The van der Waals surface area contributed by atoms with Gasteiger partial charge >= 0.3 is 0 Å². The minimum atomic E-state index is 0.187. The lowest BCUT2D eigenvalue weighted by Gasteiger charge is -2.18. The highest BCUT2D eigenvalue weighted by molar-refractivity contribution is 5.79. The van der Waals surface area contributed by atoms with Crippen molar-refractivity contribution in [2.75, 3.05) is 39.8 Å². The number of nitrogens with zero attached hydrogens (tertiary/aromatic N) is 2. The molecule has 0 aliphatic carbocycles. The van der Waals surface area contributed by atoms with Gasteiger partial charge in [-0.05, 0) is 43.5 Å². The number of fused-ring (bicyclic) bond motifs is 1. The maximum Gasteiger partial charge on any atom is 0.191 e. The molecule has 0 bridgehead atoms. The summed E-state index contributed by atoms with van der Waals surface area (Å²) in [6.45, 7) is 7.69. The molecule has 0 saturated carbocycles. The van der Waals surface area contributed by atoms with E-state index in [1.807, 2.05) is 19.2 Å². The number of para-hydroxylation sites is 1. The fourth-order valence-corrected chi connectivity index (χ4v) is 3.64. The van der Waals surface area contributed by atoms with Gasteiger partial charge in [0.2, 0.25) is 0 Å². The summed E-state index contributed by atoms with van der Waals surface area (Å²) in [6.07, 6.45) is 3.68. The van der Waals surface area contributed by atoms with E-state index in [2.05, 4.69) is 39.6 Å². The van der Waals surface area contributed by atoms with Gasteiger partial charge in [0.15, 0.2) is 5.96 Å². The number of guanidine groups is 1. The van der Waals surface area contributed by atoms with Crippen molar-refractivity contribution < 1.29 is 4.74 Å². The van der Waals surface area contributed by atoms with Crippen LogP contribution < -0.4 is 15.4 Å². The molecular formula is C19H30N4O. The lowest BCUT2D eigenvalue weighted by molar-refractivity contribution is 0.235. The van der Waals surface area contributed by atoms with Crippen molar-refractivity contribution in [3.63, 3.8) is 0 Å². The summed E-state index contributed by atoms with van der Waals surface area (Å²) in [4.78, 5) is 6.90. The van der Waals surface area contributed by atoms with Crippen LogP contribution in [0, 0.1) is 5.92 Å². The number of hydrogen-bond acceptors (Lipinski definition) is 3. The van der Waals surface area contributed by atoms with Crippen LogP contribution >= 0.6 is 0 Å². The maximum absolute atomic E-state index is 5.97. The SMILES string of the molecule is CCCN1CCC(CNC(=NC)NCC2Cc3ccccc3O2)C1. The number of likely N-dealkylation sites (tertiary alicyclic amines) is 1. The molecule has 3 rings (SSSR count). The largest absolute Gasteiger partial charge is 0.488 e. The van der Waals surface area contributed by atoms with Gasteiger partial charge < -0.3 is 20.3 Å². The maximum atomic E-state index is 5.97. The van der Waals surface area contributed by atoms with Crippen molar-refractivity contribution in [2.45, 2.75) is 32.3 Å². The minimum Gasteiger partial charge on any atom is -0.488 e. The molecule has 24 heavy (non-hydrogen) atoms. The zero-order valence-corrected chi connectivity index (χ0v) is 14.9. The van der Waals surface area contributed by atoms with Crippen molar-refractivity contribution >= 4 is 5.96 Å². The lowest BCUT2D eigenvalue weighted by atomic mass is 10.1. The average molecular weight is 330 g/mol. The van der Waals surface area contributed by atoms with Gasteiger partial charge in [-0.3, -0.25) is 4.99 Å². The molecule has 1 saturated heterocycles. The van der Waals surface area contributed by atoms with Crippen molar-refractivity contribution in [1.29, 1.82) is 0 Å². The Kier molecular flexibility index (Phi) is 5.96. The van der Waals surface area contributed by atoms with Crippen LogP contribution in [0.25, 0.3) is 0 Å². The van der Waals surface area contributed by atoms with Gasteiger partial charge in [-0.2, -0.15) is 0 Å². The monoisotopic (exact) mass is 330 g/mol. The molecule has 0 aromatic heterocycles. The minimum absolute atomic E-state index is 0.187. The first kappa shape index (κ1) is 17.1. The molecule has 132 valence electrons. The summed E-state index contributed by atoms with van der Waals surface area (Å²) in [6, 6.07) is 8.29. The number of rotatable bonds is 6. The predicted molar refractivity (Wildman–Crippen MR) is 98.8 cm³/mol. The third kappa shape index (κ3) is 4.41. The normalized spacial score (nSPS) is 23.8. The molecule has 0 spiro atoms. The molecule has 1 aromatic carbocycles. The Balaban J connectivity index is 1.37. The Labute approximate surface area is 145 Å². The Bertz CT molecular complexity index is 535. The van der Waals surface area contributed by atoms with E-state index in [1.54, 1.807) is 0 Å². The van der Waals surface area contributed by atoms with Crippen LogP contribution in [0.2, 0.25) is 0 Å². The highest BCUT2D eigenvalue weighted by Crippen LogP contribution is 2.27. The molecule has 5 nitrogen and oxygen atoms in total. The Morgan fingerprint density at radius 2 is 2.12 bits per heavy atom. The molecule has 5 heteroatoms. The highest BCUT2D eigenvalue weighted by Gasteiger charge is 2.23. The van der Waals surface area contributed by atoms with Gasteiger partial charge in [-0.15, -0.1) is 0 Å². The number of ether oxygens (including phenoxy) is 1. The van der Waals surface area contributed by atoms with Crippen LogP contribution in [0.5, 0.6) is 5.75 Å². The number of aliphatic imine (C=N–C) groups is 1. The second-order valence-electron chi connectivity index (χ2n) is 6.84. The zero-order valence-electron chi connectivity index (χ0n) is 14.9. The Morgan fingerprint density at radius 3 is 2.92 bits per heavy atom. The van der Waals surface area contributed by atoms with Gasteiger partial charge in [0.05, 0.1) is 6.54 Å². The summed E-state index contributed by atoms with van der Waals surface area (Å²) in [7, 11) is 1.83. The number of nitrogens with one attached hydrogen (secondary N) is 2. The molecule has 2 aliphatic heterocycles. The predicted octanol–water partition coefficient (Wildman–Crippen LogP) is 1.89. The highest BCUT2D eigenvalue weighted by atomic mass is 16.5. The summed E-state index contributed by atoms with van der Waals surface area (Å²) in [5.74, 6) is 2.62. The van der Waals surface area contributed by atoms with E-state index >= 15 is 0 Å². The summed E-state index contributed by atoms with van der Waals surface area (Å²) in [5, 5.41) is 6.88. The summed E-state index contributed by atoms with van der Waals surface area (Å²) < 4.78 is 5.97. The molecule has 2 heterocycles. The van der Waals surface area contributed by atoms with Crippen LogP contribution in [0.4, 0.5) is 0 Å². The van der Waals surface area contributed by atoms with E-state index < -0.39 is 0 Å². The third-order valence-electron chi connectivity index (χ3n) is 4.90. The van der Waals surface area contributed by atoms with Crippen molar-refractivity contribution in [3.05, 3.63) is 29.8 Å². The number of benzene rings is 1. The first-order valence-electron chi connectivity index (χ1n) is 9.20. The molecule has 2 atom stereocenters. The van der Waals surface area contributed by atoms with E-state index in [9.17, 15) is 0 Å². The van der Waals surface area contributed by atoms with E-state index in [1.165, 1.54) is 38.0 Å². The second kappa shape index (κ2) is 8.38. The van der Waals surface area contributed by atoms with E-state index in [-0.39, 0.29) is 6.10 Å². The van der Waals surface area contributed by atoms with Crippen molar-refractivity contribution in [3.8, 4) is 5.75 Å². The van der Waals surface area contributed by atoms with Gasteiger partial charge in [-0.25, -0.2) is 0 Å². The Hall–Kier alpha value is -1.75. The van der Waals surface area contributed by atoms with Crippen LogP contribution in [0.1, 0.15) is 25.3 Å². The zero-order chi connectivity index (χ0) is 16.8. The second-order valence-corrected chi connectivity index (χ2v) is 6.84. The first-order chi connectivity index (χ1) is 11.8. The molecular weight excluding hydrogens is 300 g/mol. The van der Waals surface area contributed by atoms with Crippen LogP contribution in [-0.4, -0.2) is 56.7 Å². The molecule has 1 fully saturated rings. The summed E-state index contributed by atoms with van der Waals surface area (Å²) >= 11 is 0. The van der Waals surface area contributed by atoms with Gasteiger partial charge in [-0.1, -0.05) is 25.1 Å². The van der Waals surface area contributed by atoms with Crippen LogP contribution in [0.15, 0.2) is 29.3 Å². The standard InChI is InChI=1S/C19H30N4O/c1-3-9-23-10-8-15(14-23)12-21-19(20-2)22-13-17-11-16-6-4-5-7-18(16)24-17/h4-7,15,17H,3,8-14H2,1-2H3,(H2,20,21,22). The van der Waals surface area contributed by atoms with E-state index in [4.69, 9.17) is 4.74 Å². The van der Waals surface area contributed by atoms with E-state index in [0.29, 0.717) is 0 Å². The first-order valence-corrected chi connectivity index (χ1v) is 9.20. The molecule has 2 N–H and O–H groups in total. The van der Waals surface area contributed by atoms with Gasteiger partial charge in [0, 0.05) is 26.6 Å². The quantitative estimate of drug-likeness (QED) is 0.618. The topological polar surface area (TPSA) is 48.9 Å². The average Bonchev–Trinajstić information content (AvgIpc) is 3.21. The fraction of sp³-hybridized carbons (Fsp3) is 0.632. The lowest BCUT2D eigenvalue weighted by Crippen LogP contribution is -2.44. The number of hydrogen-bond donors (Lipinski definition) is 2. The van der Waals surface area contributed by atoms with E-state index in [0.717, 1.165) is 37.1 Å². The molecule has 0 amide bonds. The molecule has 1 aromatic rings. The summed E-state index contributed by atoms with van der Waals surface area (Å²) in [5.41, 5.74) is 1.30. The molecule has 2 aliphatic rings. The fourth-order valence-electron chi connectivity index (χ4n) is 3.64.